The Bertz CT molecular complexity index is 455. The molecule has 3 N–H and O–H groups in total. The Hall–Kier alpha value is -0.410. The Labute approximate surface area is 160 Å². The molecule has 0 saturated heterocycles. The van der Waals surface area contributed by atoms with Crippen molar-refractivity contribution in [3.05, 3.63) is 15.6 Å². The Morgan fingerprint density at radius 3 is 2.96 bits per heavy atom. The summed E-state index contributed by atoms with van der Waals surface area (Å²) in [5.74, 6) is 0.537. The zero-order valence-electron chi connectivity index (χ0n) is 14.0. The molecular formula is C16H29IN4OS. The van der Waals surface area contributed by atoms with Gasteiger partial charge in [-0.25, -0.2) is 4.98 Å². The first-order valence-corrected chi connectivity index (χ1v) is 9.20. The molecule has 0 unspecified atom stereocenters. The highest BCUT2D eigenvalue weighted by Crippen LogP contribution is 2.27. The van der Waals surface area contributed by atoms with Crippen molar-refractivity contribution in [3.63, 3.8) is 0 Å². The van der Waals surface area contributed by atoms with Gasteiger partial charge < -0.3 is 15.8 Å². The lowest BCUT2D eigenvalue weighted by atomic mass is 10.0. The first-order valence-electron chi connectivity index (χ1n) is 8.38. The topological polar surface area (TPSA) is 72.5 Å². The number of aryl methyl sites for hydroxylation is 3. The fourth-order valence-electron chi connectivity index (χ4n) is 2.53. The molecule has 1 heterocycles. The van der Waals surface area contributed by atoms with Crippen LogP contribution in [-0.2, 0) is 24.0 Å². The average Bonchev–Trinajstić information content (AvgIpc) is 2.94. The molecule has 5 nitrogen and oxygen atoms in total. The average molecular weight is 452 g/mol. The van der Waals surface area contributed by atoms with E-state index >= 15 is 0 Å². The largest absolute Gasteiger partial charge is 0.382 e. The molecule has 0 atom stereocenters. The van der Waals surface area contributed by atoms with Crippen LogP contribution in [0.5, 0.6) is 0 Å². The summed E-state index contributed by atoms with van der Waals surface area (Å²) < 4.78 is 5.27. The van der Waals surface area contributed by atoms with Crippen LogP contribution in [0.25, 0.3) is 0 Å². The molecule has 1 aromatic heterocycles. The summed E-state index contributed by atoms with van der Waals surface area (Å²) in [6, 6.07) is 0. The van der Waals surface area contributed by atoms with Crippen molar-refractivity contribution in [1.82, 2.24) is 10.3 Å². The maximum absolute atomic E-state index is 5.83. The molecular weight excluding hydrogens is 423 g/mol. The van der Waals surface area contributed by atoms with E-state index in [9.17, 15) is 0 Å². The predicted octanol–water partition coefficient (Wildman–Crippen LogP) is 2.90. The number of halogens is 1. The van der Waals surface area contributed by atoms with Gasteiger partial charge in [-0.1, -0.05) is 0 Å². The van der Waals surface area contributed by atoms with Gasteiger partial charge in [-0.2, -0.15) is 0 Å². The number of fused-ring (bicyclic) bond motifs is 1. The van der Waals surface area contributed by atoms with Gasteiger partial charge in [0.15, 0.2) is 5.96 Å². The lowest BCUT2D eigenvalue weighted by Gasteiger charge is -2.06. The Kier molecular flexibility index (Phi) is 10.8. The summed E-state index contributed by atoms with van der Waals surface area (Å²) in [4.78, 5) is 10.6. The van der Waals surface area contributed by atoms with Crippen LogP contribution in [0.3, 0.4) is 0 Å². The highest BCUT2D eigenvalue weighted by Gasteiger charge is 2.14. The second-order valence-electron chi connectivity index (χ2n) is 5.53. The smallest absolute Gasteiger partial charge is 0.188 e. The van der Waals surface area contributed by atoms with Crippen molar-refractivity contribution in [2.75, 3.05) is 26.3 Å². The van der Waals surface area contributed by atoms with Crippen molar-refractivity contribution in [3.8, 4) is 0 Å². The van der Waals surface area contributed by atoms with Crippen LogP contribution in [0.15, 0.2) is 4.99 Å². The minimum absolute atomic E-state index is 0. The second kappa shape index (κ2) is 12.0. The van der Waals surface area contributed by atoms with E-state index in [1.165, 1.54) is 41.3 Å². The number of aliphatic imine (C=N–C) groups is 1. The molecule has 2 rings (SSSR count). The lowest BCUT2D eigenvalue weighted by Crippen LogP contribution is -2.33. The zero-order valence-corrected chi connectivity index (χ0v) is 17.1. The molecule has 0 fully saturated rings. The summed E-state index contributed by atoms with van der Waals surface area (Å²) in [6.45, 7) is 5.11. The van der Waals surface area contributed by atoms with Crippen molar-refractivity contribution >= 4 is 41.3 Å². The monoisotopic (exact) mass is 452 g/mol. The maximum Gasteiger partial charge on any atom is 0.188 e. The minimum atomic E-state index is 0. The van der Waals surface area contributed by atoms with Crippen LogP contribution in [0.2, 0.25) is 0 Å². The van der Waals surface area contributed by atoms with Gasteiger partial charge >= 0.3 is 0 Å². The molecule has 23 heavy (non-hydrogen) atoms. The lowest BCUT2D eigenvalue weighted by molar-refractivity contribution is 0.145. The number of guanidine groups is 1. The molecule has 1 aliphatic carbocycles. The number of thiazole rings is 1. The molecule has 0 aromatic carbocycles. The number of hydrogen-bond donors (Lipinski definition) is 2. The summed E-state index contributed by atoms with van der Waals surface area (Å²) >= 11 is 1.90. The van der Waals surface area contributed by atoms with Gasteiger partial charge in [-0.15, -0.1) is 35.3 Å². The van der Waals surface area contributed by atoms with Gasteiger partial charge in [-0.3, -0.25) is 4.99 Å². The Morgan fingerprint density at radius 2 is 2.17 bits per heavy atom. The van der Waals surface area contributed by atoms with Gasteiger partial charge in [0.05, 0.1) is 10.7 Å². The number of aromatic nitrogens is 1. The van der Waals surface area contributed by atoms with Crippen molar-refractivity contribution in [1.29, 1.82) is 0 Å². The van der Waals surface area contributed by atoms with Crippen molar-refractivity contribution in [2.24, 2.45) is 10.7 Å². The third-order valence-corrected chi connectivity index (χ3v) is 4.91. The standard InChI is InChI=1S/C16H28N4OS.HI/c1-2-21-12-6-11-19-16(17)18-10-5-9-15-20-13-7-3-4-8-14(13)22-15;/h2-12H2,1H3,(H3,17,18,19);1H. The van der Waals surface area contributed by atoms with Gasteiger partial charge in [0, 0.05) is 37.6 Å². The zero-order chi connectivity index (χ0) is 15.6. The van der Waals surface area contributed by atoms with E-state index in [2.05, 4.69) is 10.3 Å². The van der Waals surface area contributed by atoms with E-state index in [4.69, 9.17) is 15.5 Å². The number of rotatable bonds is 9. The van der Waals surface area contributed by atoms with Gasteiger partial charge in [0.1, 0.15) is 0 Å². The van der Waals surface area contributed by atoms with Crippen LogP contribution in [0.4, 0.5) is 0 Å². The molecule has 1 aliphatic rings. The summed E-state index contributed by atoms with van der Waals surface area (Å²) in [7, 11) is 0. The molecule has 0 aliphatic heterocycles. The third-order valence-electron chi connectivity index (χ3n) is 3.70. The van der Waals surface area contributed by atoms with Crippen molar-refractivity contribution in [2.45, 2.75) is 51.9 Å². The van der Waals surface area contributed by atoms with Gasteiger partial charge in [0.2, 0.25) is 0 Å². The maximum atomic E-state index is 5.83. The Morgan fingerprint density at radius 1 is 1.35 bits per heavy atom. The number of nitrogens with one attached hydrogen (secondary N) is 1. The molecule has 132 valence electrons. The molecule has 0 spiro atoms. The van der Waals surface area contributed by atoms with Crippen LogP contribution in [-0.4, -0.2) is 37.2 Å². The number of nitrogens with zero attached hydrogens (tertiary/aromatic N) is 2. The summed E-state index contributed by atoms with van der Waals surface area (Å²) in [6.07, 6.45) is 7.99. The van der Waals surface area contributed by atoms with E-state index in [1.54, 1.807) is 0 Å². The van der Waals surface area contributed by atoms with E-state index in [0.29, 0.717) is 5.96 Å². The van der Waals surface area contributed by atoms with Crippen LogP contribution in [0.1, 0.15) is 48.2 Å². The van der Waals surface area contributed by atoms with Gasteiger partial charge in [0.25, 0.3) is 0 Å². The molecule has 0 bridgehead atoms. The number of nitrogens with two attached hydrogens (primary N) is 1. The summed E-state index contributed by atoms with van der Waals surface area (Å²) in [5, 5.41) is 4.38. The van der Waals surface area contributed by atoms with Crippen LogP contribution in [0, 0.1) is 0 Å². The normalized spacial score (nSPS) is 14.2. The first kappa shape index (κ1) is 20.6. The van der Waals surface area contributed by atoms with Gasteiger partial charge in [-0.05, 0) is 45.4 Å². The van der Waals surface area contributed by atoms with E-state index < -0.39 is 0 Å². The highest BCUT2D eigenvalue weighted by atomic mass is 127. The predicted molar refractivity (Wildman–Crippen MR) is 108 cm³/mol. The molecule has 0 amide bonds. The van der Waals surface area contributed by atoms with E-state index in [1.807, 2.05) is 18.3 Å². The van der Waals surface area contributed by atoms with Crippen molar-refractivity contribution < 1.29 is 4.74 Å². The molecule has 0 radical (unpaired) electrons. The van der Waals surface area contributed by atoms with E-state index in [0.717, 1.165) is 45.6 Å². The number of hydrogen-bond acceptors (Lipinski definition) is 4. The van der Waals surface area contributed by atoms with Crippen LogP contribution >= 0.6 is 35.3 Å². The first-order chi connectivity index (χ1) is 10.8. The van der Waals surface area contributed by atoms with E-state index in [-0.39, 0.29) is 24.0 Å². The minimum Gasteiger partial charge on any atom is -0.382 e. The van der Waals surface area contributed by atoms with Crippen LogP contribution < -0.4 is 11.1 Å². The molecule has 1 aromatic rings. The quantitative estimate of drug-likeness (QED) is 0.262. The third kappa shape index (κ3) is 7.80. The fourth-order valence-corrected chi connectivity index (χ4v) is 3.73. The molecule has 7 heteroatoms. The number of ether oxygens (including phenoxy) is 1. The highest BCUT2D eigenvalue weighted by molar-refractivity contribution is 14.0. The molecule has 0 saturated carbocycles. The second-order valence-corrected chi connectivity index (χ2v) is 6.70. The Balaban J connectivity index is 0.00000264. The summed E-state index contributed by atoms with van der Waals surface area (Å²) in [5.41, 5.74) is 7.18. The SMILES string of the molecule is CCOCCCNC(N)=NCCCc1nc2c(s1)CCCC2.I. The fraction of sp³-hybridized carbons (Fsp3) is 0.750.